The van der Waals surface area contributed by atoms with E-state index in [4.69, 9.17) is 10.5 Å². The van der Waals surface area contributed by atoms with Gasteiger partial charge in [0.2, 0.25) is 0 Å². The highest BCUT2D eigenvalue weighted by Gasteiger charge is 2.35. The van der Waals surface area contributed by atoms with Gasteiger partial charge in [-0.15, -0.1) is 0 Å². The largest absolute Gasteiger partial charge is 0.505 e. The summed E-state index contributed by atoms with van der Waals surface area (Å²) in [7, 11) is 1.52. The molecule has 3 nitrogen and oxygen atoms in total. The van der Waals surface area contributed by atoms with Gasteiger partial charge in [-0.3, -0.25) is 0 Å². The summed E-state index contributed by atoms with van der Waals surface area (Å²) in [4.78, 5) is 0. The van der Waals surface area contributed by atoms with Gasteiger partial charge in [0, 0.05) is 23.6 Å². The average molecular weight is 253 g/mol. The molecule has 0 bridgehead atoms. The molecule has 0 heterocycles. The molecule has 0 amide bonds. The third-order valence-corrected chi connectivity index (χ3v) is 4.04. The first-order valence-corrected chi connectivity index (χ1v) is 6.40. The Bertz CT molecular complexity index is 428. The van der Waals surface area contributed by atoms with Gasteiger partial charge in [-0.1, -0.05) is 19.3 Å². The van der Waals surface area contributed by atoms with Crippen LogP contribution in [0.15, 0.2) is 12.1 Å². The number of ether oxygens (including phenoxy) is 1. The van der Waals surface area contributed by atoms with Crippen LogP contribution in [0.25, 0.3) is 0 Å². The van der Waals surface area contributed by atoms with Crippen molar-refractivity contribution in [3.63, 3.8) is 0 Å². The van der Waals surface area contributed by atoms with Crippen LogP contribution >= 0.6 is 0 Å². The van der Waals surface area contributed by atoms with Crippen molar-refractivity contribution in [2.75, 3.05) is 13.7 Å². The lowest BCUT2D eigenvalue weighted by Crippen LogP contribution is -2.37. The van der Waals surface area contributed by atoms with Crippen LogP contribution in [0.1, 0.15) is 37.7 Å². The maximum atomic E-state index is 13.4. The van der Waals surface area contributed by atoms with Crippen LogP contribution in [0.5, 0.6) is 11.5 Å². The van der Waals surface area contributed by atoms with Gasteiger partial charge < -0.3 is 15.6 Å². The number of aromatic hydroxyl groups is 1. The van der Waals surface area contributed by atoms with E-state index in [0.717, 1.165) is 31.2 Å². The predicted octanol–water partition coefficient (Wildman–Crippen LogP) is 2.70. The van der Waals surface area contributed by atoms with Gasteiger partial charge in [-0.05, 0) is 18.9 Å². The first kappa shape index (κ1) is 13.1. The summed E-state index contributed by atoms with van der Waals surface area (Å²) >= 11 is 0. The van der Waals surface area contributed by atoms with Gasteiger partial charge in [0.05, 0.1) is 7.11 Å². The molecule has 0 spiro atoms. The van der Waals surface area contributed by atoms with Crippen molar-refractivity contribution >= 4 is 0 Å². The third-order valence-electron chi connectivity index (χ3n) is 4.04. The molecule has 1 fully saturated rings. The van der Waals surface area contributed by atoms with Crippen molar-refractivity contribution in [3.05, 3.63) is 23.5 Å². The van der Waals surface area contributed by atoms with Crippen LogP contribution in [-0.4, -0.2) is 18.8 Å². The fourth-order valence-electron chi connectivity index (χ4n) is 2.94. The van der Waals surface area contributed by atoms with Crippen molar-refractivity contribution in [1.82, 2.24) is 0 Å². The number of methoxy groups -OCH3 is 1. The summed E-state index contributed by atoms with van der Waals surface area (Å²) in [5, 5.41) is 9.59. The normalized spacial score (nSPS) is 18.6. The Hall–Kier alpha value is -1.29. The molecule has 4 heteroatoms. The molecule has 1 aliphatic carbocycles. The second kappa shape index (κ2) is 5.14. The minimum atomic E-state index is -0.654. The maximum Gasteiger partial charge on any atom is 0.168 e. The molecule has 0 aromatic heterocycles. The number of phenols is 1. The van der Waals surface area contributed by atoms with Crippen molar-refractivity contribution in [2.24, 2.45) is 5.73 Å². The third kappa shape index (κ3) is 2.17. The van der Waals surface area contributed by atoms with Gasteiger partial charge in [0.25, 0.3) is 0 Å². The van der Waals surface area contributed by atoms with Crippen LogP contribution in [0.4, 0.5) is 4.39 Å². The van der Waals surface area contributed by atoms with Crippen molar-refractivity contribution in [1.29, 1.82) is 0 Å². The van der Waals surface area contributed by atoms with Crippen LogP contribution in [0.3, 0.4) is 0 Å². The Labute approximate surface area is 107 Å². The molecule has 0 unspecified atom stereocenters. The highest BCUT2D eigenvalue weighted by Crippen LogP contribution is 2.44. The molecule has 1 aromatic carbocycles. The summed E-state index contributed by atoms with van der Waals surface area (Å²) in [5.74, 6) is -0.500. The first-order chi connectivity index (χ1) is 8.63. The Kier molecular flexibility index (Phi) is 3.76. The zero-order valence-electron chi connectivity index (χ0n) is 10.7. The van der Waals surface area contributed by atoms with Crippen LogP contribution in [0.2, 0.25) is 0 Å². The molecule has 1 saturated carbocycles. The number of hydrogen-bond donors (Lipinski definition) is 2. The molecule has 1 aliphatic rings. The molecule has 0 atom stereocenters. The summed E-state index contributed by atoms with van der Waals surface area (Å²) < 4.78 is 18.6. The minimum absolute atomic E-state index is 0.186. The lowest BCUT2D eigenvalue weighted by Gasteiger charge is -2.37. The van der Waals surface area contributed by atoms with Gasteiger partial charge in [0.1, 0.15) is 5.75 Å². The van der Waals surface area contributed by atoms with Crippen molar-refractivity contribution in [2.45, 2.75) is 37.5 Å². The number of hydrogen-bond acceptors (Lipinski definition) is 3. The summed E-state index contributed by atoms with van der Waals surface area (Å²) in [6.07, 6.45) is 5.35. The number of phenolic OH excluding ortho intramolecular Hbond substituents is 1. The maximum absolute atomic E-state index is 13.4. The highest BCUT2D eigenvalue weighted by molar-refractivity contribution is 5.46. The molecular formula is C14H20FNO2. The van der Waals surface area contributed by atoms with Gasteiger partial charge in [-0.2, -0.15) is 0 Å². The Morgan fingerprint density at radius 2 is 2.00 bits per heavy atom. The topological polar surface area (TPSA) is 55.5 Å². The monoisotopic (exact) mass is 253 g/mol. The molecule has 0 aliphatic heterocycles. The van der Waals surface area contributed by atoms with E-state index < -0.39 is 5.82 Å². The molecule has 2 rings (SSSR count). The summed E-state index contributed by atoms with van der Waals surface area (Å²) in [6.45, 7) is 0.494. The Morgan fingerprint density at radius 1 is 1.33 bits per heavy atom. The SMILES string of the molecule is COc1cc(F)c(O)cc1C1(CN)CCCCC1. The van der Waals surface area contributed by atoms with Gasteiger partial charge >= 0.3 is 0 Å². The van der Waals surface area contributed by atoms with Gasteiger partial charge in [0.15, 0.2) is 11.6 Å². The standard InChI is InChI=1S/C14H20FNO2/c1-18-13-8-11(15)12(17)7-10(13)14(9-16)5-3-2-4-6-14/h7-8,17H,2-6,9,16H2,1H3. The Balaban J connectivity index is 2.49. The lowest BCUT2D eigenvalue weighted by molar-refractivity contribution is 0.285. The molecule has 100 valence electrons. The van der Waals surface area contributed by atoms with Crippen LogP contribution < -0.4 is 10.5 Å². The highest BCUT2D eigenvalue weighted by atomic mass is 19.1. The second-order valence-electron chi connectivity index (χ2n) is 5.05. The number of rotatable bonds is 3. The van der Waals surface area contributed by atoms with E-state index in [2.05, 4.69) is 0 Å². The van der Waals surface area contributed by atoms with Crippen molar-refractivity contribution in [3.8, 4) is 11.5 Å². The van der Waals surface area contributed by atoms with E-state index in [1.807, 2.05) is 0 Å². The van der Waals surface area contributed by atoms with E-state index in [-0.39, 0.29) is 11.2 Å². The van der Waals surface area contributed by atoms with Gasteiger partial charge in [-0.25, -0.2) is 4.39 Å². The van der Waals surface area contributed by atoms with E-state index in [9.17, 15) is 9.50 Å². The number of benzene rings is 1. The summed E-state index contributed by atoms with van der Waals surface area (Å²) in [6, 6.07) is 2.73. The Morgan fingerprint density at radius 3 is 2.56 bits per heavy atom. The summed E-state index contributed by atoms with van der Waals surface area (Å²) in [5.41, 5.74) is 6.60. The fourth-order valence-corrected chi connectivity index (χ4v) is 2.94. The zero-order chi connectivity index (χ0) is 13.2. The first-order valence-electron chi connectivity index (χ1n) is 6.40. The molecule has 0 saturated heterocycles. The van der Waals surface area contributed by atoms with Crippen molar-refractivity contribution < 1.29 is 14.2 Å². The second-order valence-corrected chi connectivity index (χ2v) is 5.05. The van der Waals surface area contributed by atoms with E-state index in [0.29, 0.717) is 12.3 Å². The van der Waals surface area contributed by atoms with Crippen LogP contribution in [-0.2, 0) is 5.41 Å². The molecule has 3 N–H and O–H groups in total. The average Bonchev–Trinajstić information content (AvgIpc) is 2.42. The quantitative estimate of drug-likeness (QED) is 0.870. The van der Waals surface area contributed by atoms with E-state index in [1.54, 1.807) is 0 Å². The minimum Gasteiger partial charge on any atom is -0.505 e. The molecule has 18 heavy (non-hydrogen) atoms. The smallest absolute Gasteiger partial charge is 0.168 e. The molecule has 0 radical (unpaired) electrons. The van der Waals surface area contributed by atoms with E-state index >= 15 is 0 Å². The number of halogens is 1. The fraction of sp³-hybridized carbons (Fsp3) is 0.571. The lowest BCUT2D eigenvalue weighted by atomic mass is 9.69. The van der Waals surface area contributed by atoms with Crippen LogP contribution in [0, 0.1) is 5.82 Å². The molecule has 1 aromatic rings. The molecular weight excluding hydrogens is 233 g/mol. The zero-order valence-corrected chi connectivity index (χ0v) is 10.7. The van der Waals surface area contributed by atoms with E-state index in [1.165, 1.54) is 25.7 Å². The predicted molar refractivity (Wildman–Crippen MR) is 68.4 cm³/mol. The number of nitrogens with two attached hydrogens (primary N) is 1.